The lowest BCUT2D eigenvalue weighted by Crippen LogP contribution is -2.48. The van der Waals surface area contributed by atoms with E-state index in [2.05, 4.69) is 16.0 Å². The third-order valence-electron chi connectivity index (χ3n) is 4.63. The second kappa shape index (κ2) is 11.0. The molecule has 1 heterocycles. The Hall–Kier alpha value is -3.56. The van der Waals surface area contributed by atoms with Crippen LogP contribution in [0.1, 0.15) is 38.8 Å². The van der Waals surface area contributed by atoms with Gasteiger partial charge in [-0.3, -0.25) is 9.69 Å². The van der Waals surface area contributed by atoms with Crippen LogP contribution in [0.5, 0.6) is 0 Å². The Kier molecular flexibility index (Phi) is 8.42. The van der Waals surface area contributed by atoms with E-state index in [1.165, 1.54) is 12.0 Å². The van der Waals surface area contributed by atoms with Crippen molar-refractivity contribution in [1.82, 2.24) is 15.5 Å². The largest absolute Gasteiger partial charge is 0.466 e. The van der Waals surface area contributed by atoms with E-state index in [9.17, 15) is 19.2 Å². The summed E-state index contributed by atoms with van der Waals surface area (Å²) < 4.78 is 9.70. The SMILES string of the molecule is CCCN1C(=O)NC(c2cccc(NC(=O)NCC(=O)OCC)c2)C(C(=O)OC)=C1C. The van der Waals surface area contributed by atoms with Crippen LogP contribution in [0.3, 0.4) is 0 Å². The van der Waals surface area contributed by atoms with Crippen LogP contribution < -0.4 is 16.0 Å². The molecule has 168 valence electrons. The van der Waals surface area contributed by atoms with Crippen LogP contribution >= 0.6 is 0 Å². The number of hydrogen-bond donors (Lipinski definition) is 3. The van der Waals surface area contributed by atoms with Gasteiger partial charge in [-0.15, -0.1) is 0 Å². The van der Waals surface area contributed by atoms with E-state index in [0.717, 1.165) is 6.42 Å². The molecule has 10 nitrogen and oxygen atoms in total. The van der Waals surface area contributed by atoms with Crippen molar-refractivity contribution >= 4 is 29.7 Å². The molecule has 0 saturated heterocycles. The summed E-state index contributed by atoms with van der Waals surface area (Å²) >= 11 is 0. The van der Waals surface area contributed by atoms with Gasteiger partial charge in [0.1, 0.15) is 6.54 Å². The monoisotopic (exact) mass is 432 g/mol. The molecule has 0 aromatic heterocycles. The van der Waals surface area contributed by atoms with Gasteiger partial charge in [-0.1, -0.05) is 19.1 Å². The number of rotatable bonds is 8. The molecule has 3 N–H and O–H groups in total. The average Bonchev–Trinajstić information content (AvgIpc) is 2.74. The van der Waals surface area contributed by atoms with Crippen LogP contribution in [-0.2, 0) is 19.1 Å². The molecule has 2 rings (SSSR count). The Morgan fingerprint density at radius 1 is 1.23 bits per heavy atom. The number of urea groups is 2. The predicted molar refractivity (Wildman–Crippen MR) is 113 cm³/mol. The van der Waals surface area contributed by atoms with Crippen molar-refractivity contribution in [3.05, 3.63) is 41.1 Å². The molecule has 0 spiro atoms. The Bertz CT molecular complexity index is 882. The molecule has 0 bridgehead atoms. The summed E-state index contributed by atoms with van der Waals surface area (Å²) in [4.78, 5) is 50.0. The number of hydrogen-bond acceptors (Lipinski definition) is 6. The highest BCUT2D eigenvalue weighted by molar-refractivity contribution is 5.95. The van der Waals surface area contributed by atoms with Crippen molar-refractivity contribution < 1.29 is 28.7 Å². The van der Waals surface area contributed by atoms with E-state index >= 15 is 0 Å². The van der Waals surface area contributed by atoms with Gasteiger partial charge in [0.25, 0.3) is 0 Å². The molecule has 1 atom stereocenters. The van der Waals surface area contributed by atoms with Crippen LogP contribution in [0.4, 0.5) is 15.3 Å². The smallest absolute Gasteiger partial charge is 0.337 e. The van der Waals surface area contributed by atoms with E-state index in [0.29, 0.717) is 29.1 Å². The first-order valence-electron chi connectivity index (χ1n) is 9.99. The number of benzene rings is 1. The number of carbonyl (C=O) groups excluding carboxylic acids is 4. The van der Waals surface area contributed by atoms with Crippen molar-refractivity contribution in [3.8, 4) is 0 Å². The first kappa shape index (κ1) is 23.7. The fourth-order valence-electron chi connectivity index (χ4n) is 3.23. The lowest BCUT2D eigenvalue weighted by atomic mass is 9.94. The highest BCUT2D eigenvalue weighted by Gasteiger charge is 2.36. The lowest BCUT2D eigenvalue weighted by Gasteiger charge is -2.35. The highest BCUT2D eigenvalue weighted by Crippen LogP contribution is 2.32. The van der Waals surface area contributed by atoms with E-state index in [-0.39, 0.29) is 19.2 Å². The summed E-state index contributed by atoms with van der Waals surface area (Å²) in [6.45, 7) is 5.74. The van der Waals surface area contributed by atoms with Gasteiger partial charge in [-0.25, -0.2) is 14.4 Å². The van der Waals surface area contributed by atoms with Crippen molar-refractivity contribution in [2.24, 2.45) is 0 Å². The molecule has 0 saturated carbocycles. The zero-order valence-corrected chi connectivity index (χ0v) is 18.1. The minimum Gasteiger partial charge on any atom is -0.466 e. The summed E-state index contributed by atoms with van der Waals surface area (Å²) in [7, 11) is 1.28. The second-order valence-corrected chi connectivity index (χ2v) is 6.76. The van der Waals surface area contributed by atoms with Crippen LogP contribution in [0.25, 0.3) is 0 Å². The van der Waals surface area contributed by atoms with Crippen molar-refractivity contribution in [1.29, 1.82) is 0 Å². The first-order chi connectivity index (χ1) is 14.8. The molecule has 1 unspecified atom stereocenters. The molecule has 31 heavy (non-hydrogen) atoms. The van der Waals surface area contributed by atoms with Gasteiger partial charge < -0.3 is 25.4 Å². The molecule has 10 heteroatoms. The normalized spacial score (nSPS) is 15.8. The molecule has 0 fully saturated rings. The maximum Gasteiger partial charge on any atom is 0.337 e. The molecule has 1 aromatic rings. The zero-order chi connectivity index (χ0) is 23.0. The molecule has 0 radical (unpaired) electrons. The Balaban J connectivity index is 2.25. The Morgan fingerprint density at radius 3 is 2.61 bits per heavy atom. The highest BCUT2D eigenvalue weighted by atomic mass is 16.5. The van der Waals surface area contributed by atoms with Gasteiger partial charge in [-0.05, 0) is 38.0 Å². The minimum absolute atomic E-state index is 0.225. The average molecular weight is 432 g/mol. The number of allylic oxidation sites excluding steroid dienone is 1. The minimum atomic E-state index is -0.739. The van der Waals surface area contributed by atoms with Crippen LogP contribution in [0.15, 0.2) is 35.5 Å². The quantitative estimate of drug-likeness (QED) is 0.541. The van der Waals surface area contributed by atoms with Gasteiger partial charge in [0, 0.05) is 17.9 Å². The molecule has 1 aromatic carbocycles. The van der Waals surface area contributed by atoms with Crippen molar-refractivity contribution in [2.45, 2.75) is 33.2 Å². The first-order valence-corrected chi connectivity index (χ1v) is 9.99. The lowest BCUT2D eigenvalue weighted by molar-refractivity contribution is -0.141. The third-order valence-corrected chi connectivity index (χ3v) is 4.63. The maximum absolute atomic E-state index is 12.6. The third kappa shape index (κ3) is 5.97. The van der Waals surface area contributed by atoms with E-state index in [1.54, 1.807) is 38.1 Å². The van der Waals surface area contributed by atoms with Gasteiger partial charge in [0.2, 0.25) is 0 Å². The van der Waals surface area contributed by atoms with E-state index in [4.69, 9.17) is 9.47 Å². The van der Waals surface area contributed by atoms with E-state index in [1.807, 2.05) is 6.92 Å². The number of anilines is 1. The molecule has 4 amide bonds. The topological polar surface area (TPSA) is 126 Å². The van der Waals surface area contributed by atoms with Crippen LogP contribution in [0, 0.1) is 0 Å². The molecule has 1 aliphatic rings. The number of nitrogens with one attached hydrogen (secondary N) is 3. The van der Waals surface area contributed by atoms with Gasteiger partial charge in [-0.2, -0.15) is 0 Å². The number of amides is 4. The molecule has 0 aliphatic carbocycles. The zero-order valence-electron chi connectivity index (χ0n) is 18.1. The van der Waals surface area contributed by atoms with Gasteiger partial charge >= 0.3 is 24.0 Å². The van der Waals surface area contributed by atoms with Gasteiger partial charge in [0.15, 0.2) is 0 Å². The van der Waals surface area contributed by atoms with Crippen LogP contribution in [-0.4, -0.2) is 55.7 Å². The van der Waals surface area contributed by atoms with Crippen LogP contribution in [0.2, 0.25) is 0 Å². The number of carbonyl (C=O) groups is 4. The Morgan fingerprint density at radius 2 is 1.97 bits per heavy atom. The molecular formula is C21H28N4O6. The summed E-state index contributed by atoms with van der Waals surface area (Å²) in [5, 5.41) is 7.85. The summed E-state index contributed by atoms with van der Waals surface area (Å²) in [5.74, 6) is -1.09. The maximum atomic E-state index is 12.6. The predicted octanol–water partition coefficient (Wildman–Crippen LogP) is 2.29. The number of methoxy groups -OCH3 is 1. The summed E-state index contributed by atoms with van der Waals surface area (Å²) in [6.07, 6.45) is 0.726. The second-order valence-electron chi connectivity index (χ2n) is 6.76. The number of nitrogens with zero attached hydrogens (tertiary/aromatic N) is 1. The fourth-order valence-corrected chi connectivity index (χ4v) is 3.23. The number of esters is 2. The standard InChI is InChI=1S/C21H28N4O6/c1-5-10-25-13(3)17(19(27)30-4)18(24-21(25)29)14-8-7-9-15(11-14)23-20(28)22-12-16(26)31-6-2/h7-9,11,18H,5-6,10,12H2,1-4H3,(H,24,29)(H2,22,23,28). The number of ether oxygens (including phenoxy) is 2. The van der Waals surface area contributed by atoms with E-state index < -0.39 is 24.0 Å². The van der Waals surface area contributed by atoms with Crippen molar-refractivity contribution in [2.75, 3.05) is 32.1 Å². The Labute approximate surface area is 180 Å². The summed E-state index contributed by atoms with van der Waals surface area (Å²) in [5.41, 5.74) is 1.85. The molecule has 1 aliphatic heterocycles. The molecular weight excluding hydrogens is 404 g/mol. The van der Waals surface area contributed by atoms with Gasteiger partial charge in [0.05, 0.1) is 25.3 Å². The fraction of sp³-hybridized carbons (Fsp3) is 0.429. The summed E-state index contributed by atoms with van der Waals surface area (Å²) in [6, 6.07) is 5.06. The van der Waals surface area contributed by atoms with Crippen molar-refractivity contribution in [3.63, 3.8) is 0 Å².